The second kappa shape index (κ2) is 7.28. The Kier molecular flexibility index (Phi) is 4.99. The highest BCUT2D eigenvalue weighted by Gasteiger charge is 2.45. The van der Waals surface area contributed by atoms with Crippen molar-refractivity contribution in [3.8, 4) is 0 Å². The minimum Gasteiger partial charge on any atom is -0.389 e. The van der Waals surface area contributed by atoms with E-state index in [1.165, 1.54) is 5.56 Å². The van der Waals surface area contributed by atoms with Crippen LogP contribution in [0.1, 0.15) is 43.2 Å². The maximum Gasteiger partial charge on any atom is 0.161 e. The first-order valence-electron chi connectivity index (χ1n) is 9.59. The first-order chi connectivity index (χ1) is 12.9. The number of hydrogen-bond acceptors (Lipinski definition) is 2. The lowest BCUT2D eigenvalue weighted by molar-refractivity contribution is -0.0950. The molecule has 2 unspecified atom stereocenters. The third-order valence-electron chi connectivity index (χ3n) is 6.06. The van der Waals surface area contributed by atoms with Gasteiger partial charge in [-0.25, -0.2) is 13.2 Å². The van der Waals surface area contributed by atoms with Crippen LogP contribution in [0.25, 0.3) is 0 Å². The molecule has 4 rings (SSSR count). The van der Waals surface area contributed by atoms with E-state index in [2.05, 4.69) is 17.0 Å². The average Bonchev–Trinajstić information content (AvgIpc) is 2.62. The van der Waals surface area contributed by atoms with Gasteiger partial charge in [0.1, 0.15) is 5.82 Å². The summed E-state index contributed by atoms with van der Waals surface area (Å²) in [5.74, 6) is -3.06. The van der Waals surface area contributed by atoms with E-state index >= 15 is 0 Å². The molecule has 2 fully saturated rings. The van der Waals surface area contributed by atoms with E-state index in [4.69, 9.17) is 0 Å². The van der Waals surface area contributed by atoms with Crippen LogP contribution in [0.3, 0.4) is 0 Å². The predicted molar refractivity (Wildman–Crippen MR) is 97.6 cm³/mol. The molecule has 144 valence electrons. The summed E-state index contributed by atoms with van der Waals surface area (Å²) in [6, 6.07) is 12.1. The van der Waals surface area contributed by atoms with Crippen molar-refractivity contribution in [3.05, 3.63) is 71.0 Å². The van der Waals surface area contributed by atoms with Crippen LogP contribution in [-0.4, -0.2) is 27.7 Å². The number of aliphatic hydroxyl groups is 1. The van der Waals surface area contributed by atoms with E-state index in [1.807, 2.05) is 18.2 Å². The fraction of sp³-hybridized carbons (Fsp3) is 0.455. The average molecular weight is 375 g/mol. The van der Waals surface area contributed by atoms with Gasteiger partial charge in [0.2, 0.25) is 0 Å². The molecule has 0 spiro atoms. The SMILES string of the molecule is OC1(Cc2cc(F)c(F)cc2F)CC2CCCC(C1)N2Cc1ccccc1. The lowest BCUT2D eigenvalue weighted by Gasteiger charge is -2.52. The maximum absolute atomic E-state index is 14.1. The largest absolute Gasteiger partial charge is 0.389 e. The van der Waals surface area contributed by atoms with Crippen molar-refractivity contribution in [2.75, 3.05) is 0 Å². The molecule has 0 aliphatic carbocycles. The molecule has 0 amide bonds. The van der Waals surface area contributed by atoms with E-state index in [9.17, 15) is 18.3 Å². The summed E-state index contributed by atoms with van der Waals surface area (Å²) in [5, 5.41) is 11.2. The summed E-state index contributed by atoms with van der Waals surface area (Å²) >= 11 is 0. The Balaban J connectivity index is 1.53. The van der Waals surface area contributed by atoms with Gasteiger partial charge in [-0.2, -0.15) is 0 Å². The number of benzene rings is 2. The van der Waals surface area contributed by atoms with Crippen LogP contribution >= 0.6 is 0 Å². The van der Waals surface area contributed by atoms with Crippen LogP contribution in [0.15, 0.2) is 42.5 Å². The summed E-state index contributed by atoms with van der Waals surface area (Å²) < 4.78 is 40.8. The van der Waals surface area contributed by atoms with E-state index in [-0.39, 0.29) is 24.1 Å². The van der Waals surface area contributed by atoms with Crippen LogP contribution in [-0.2, 0) is 13.0 Å². The van der Waals surface area contributed by atoms with Crippen molar-refractivity contribution >= 4 is 0 Å². The van der Waals surface area contributed by atoms with E-state index in [0.29, 0.717) is 18.9 Å². The normalized spacial score (nSPS) is 28.3. The molecule has 2 heterocycles. The summed E-state index contributed by atoms with van der Waals surface area (Å²) in [7, 11) is 0. The van der Waals surface area contributed by atoms with Gasteiger partial charge in [0.25, 0.3) is 0 Å². The number of rotatable bonds is 4. The van der Waals surface area contributed by atoms with Gasteiger partial charge < -0.3 is 5.11 Å². The van der Waals surface area contributed by atoms with Gasteiger partial charge in [0.15, 0.2) is 11.6 Å². The molecule has 0 radical (unpaired) electrons. The minimum absolute atomic E-state index is 0.0161. The first-order valence-corrected chi connectivity index (χ1v) is 9.59. The third-order valence-corrected chi connectivity index (χ3v) is 6.06. The molecule has 2 aromatic rings. The zero-order valence-corrected chi connectivity index (χ0v) is 15.2. The van der Waals surface area contributed by atoms with Crippen molar-refractivity contribution in [3.63, 3.8) is 0 Å². The summed E-state index contributed by atoms with van der Waals surface area (Å²) in [6.07, 6.45) is 4.17. The molecule has 2 nitrogen and oxygen atoms in total. The number of nitrogens with zero attached hydrogens (tertiary/aromatic N) is 1. The van der Waals surface area contributed by atoms with Gasteiger partial charge in [-0.1, -0.05) is 36.8 Å². The molecule has 2 saturated heterocycles. The van der Waals surface area contributed by atoms with Crippen LogP contribution in [0.4, 0.5) is 13.2 Å². The number of hydrogen-bond donors (Lipinski definition) is 1. The highest BCUT2D eigenvalue weighted by molar-refractivity contribution is 5.23. The van der Waals surface area contributed by atoms with Crippen molar-refractivity contribution in [1.29, 1.82) is 0 Å². The topological polar surface area (TPSA) is 23.5 Å². The molecule has 2 aromatic carbocycles. The lowest BCUT2D eigenvalue weighted by Crippen LogP contribution is -2.58. The Morgan fingerprint density at radius 3 is 2.22 bits per heavy atom. The van der Waals surface area contributed by atoms with Gasteiger partial charge >= 0.3 is 0 Å². The zero-order valence-electron chi connectivity index (χ0n) is 15.2. The van der Waals surface area contributed by atoms with Crippen LogP contribution < -0.4 is 0 Å². The number of piperidine rings is 2. The van der Waals surface area contributed by atoms with Gasteiger partial charge in [-0.05, 0) is 42.9 Å². The molecule has 5 heteroatoms. The molecule has 1 N–H and O–H groups in total. The maximum atomic E-state index is 14.1. The van der Waals surface area contributed by atoms with E-state index < -0.39 is 23.1 Å². The fourth-order valence-electron chi connectivity index (χ4n) is 4.87. The molecule has 2 bridgehead atoms. The van der Waals surface area contributed by atoms with Gasteiger partial charge in [-0.15, -0.1) is 0 Å². The van der Waals surface area contributed by atoms with Gasteiger partial charge in [-0.3, -0.25) is 4.90 Å². The lowest BCUT2D eigenvalue weighted by atomic mass is 9.73. The molecule has 27 heavy (non-hydrogen) atoms. The molecular weight excluding hydrogens is 351 g/mol. The minimum atomic E-state index is -1.20. The van der Waals surface area contributed by atoms with Crippen LogP contribution in [0.2, 0.25) is 0 Å². The summed E-state index contributed by atoms with van der Waals surface area (Å²) in [6.45, 7) is 0.839. The summed E-state index contributed by atoms with van der Waals surface area (Å²) in [4.78, 5) is 2.45. The van der Waals surface area contributed by atoms with Crippen LogP contribution in [0.5, 0.6) is 0 Å². The molecule has 0 saturated carbocycles. The Labute approximate surface area is 157 Å². The van der Waals surface area contributed by atoms with Crippen molar-refractivity contribution < 1.29 is 18.3 Å². The monoisotopic (exact) mass is 375 g/mol. The van der Waals surface area contributed by atoms with Gasteiger partial charge in [0, 0.05) is 31.1 Å². The van der Waals surface area contributed by atoms with Gasteiger partial charge in [0.05, 0.1) is 5.60 Å². The first kappa shape index (κ1) is 18.5. The standard InChI is InChI=1S/C22H24F3NO/c23-19-10-21(25)20(24)9-16(19)11-22(27)12-17-7-4-8-18(13-22)26(17)14-15-5-2-1-3-6-15/h1-3,5-6,9-10,17-18,27H,4,7-8,11-14H2. The second-order valence-corrected chi connectivity index (χ2v) is 8.06. The summed E-state index contributed by atoms with van der Waals surface area (Å²) in [5.41, 5.74) is 0.200. The molecular formula is C22H24F3NO. The van der Waals surface area contributed by atoms with E-state index in [0.717, 1.165) is 31.9 Å². The third kappa shape index (κ3) is 3.90. The molecule has 2 atom stereocenters. The second-order valence-electron chi connectivity index (χ2n) is 8.06. The zero-order chi connectivity index (χ0) is 19.0. The Morgan fingerprint density at radius 2 is 1.56 bits per heavy atom. The Bertz CT molecular complexity index is 797. The highest BCUT2D eigenvalue weighted by Crippen LogP contribution is 2.41. The Morgan fingerprint density at radius 1 is 0.926 bits per heavy atom. The molecule has 2 aliphatic rings. The number of halogens is 3. The van der Waals surface area contributed by atoms with Crippen molar-refractivity contribution in [2.45, 2.75) is 62.8 Å². The van der Waals surface area contributed by atoms with Crippen molar-refractivity contribution in [2.24, 2.45) is 0 Å². The smallest absolute Gasteiger partial charge is 0.161 e. The van der Waals surface area contributed by atoms with E-state index in [1.54, 1.807) is 0 Å². The van der Waals surface area contributed by atoms with Crippen LogP contribution in [0, 0.1) is 17.5 Å². The fourth-order valence-corrected chi connectivity index (χ4v) is 4.87. The van der Waals surface area contributed by atoms with Crippen molar-refractivity contribution in [1.82, 2.24) is 4.90 Å². The Hall–Kier alpha value is -1.85. The quantitative estimate of drug-likeness (QED) is 0.790. The highest BCUT2D eigenvalue weighted by atomic mass is 19.2. The molecule has 2 aliphatic heterocycles. The molecule has 0 aromatic heterocycles. The number of fused-ring (bicyclic) bond motifs is 2. The predicted octanol–water partition coefficient (Wildman–Crippen LogP) is 4.59.